The van der Waals surface area contributed by atoms with Crippen LogP contribution in [0.25, 0.3) is 11.0 Å². The number of alkyl halides is 3. The molecule has 3 heterocycles. The number of benzene rings is 1. The van der Waals surface area contributed by atoms with E-state index in [0.29, 0.717) is 24.6 Å². The standard InChI is InChI=1S/C27H30F3N5O/c1-34-14-4-5-19(16-34)26(36)35(2)25(27(28,29)30)18-9-11-20(12-10-18)33-22-15-32-21-6-3-13-31-24(21)23(22)17-7-8-17/h3,6,9-13,15,17,19,25,33H,4-5,7-8,14,16H2,1-2H3/t19?,25-/m0/s1. The third kappa shape index (κ3) is 5.02. The van der Waals surface area contributed by atoms with E-state index in [1.165, 1.54) is 19.2 Å². The summed E-state index contributed by atoms with van der Waals surface area (Å²) in [7, 11) is 3.15. The summed E-state index contributed by atoms with van der Waals surface area (Å²) in [5.74, 6) is -0.482. The zero-order valence-electron chi connectivity index (χ0n) is 20.4. The average Bonchev–Trinajstić information content (AvgIpc) is 3.69. The van der Waals surface area contributed by atoms with Crippen LogP contribution < -0.4 is 5.32 Å². The van der Waals surface area contributed by atoms with Gasteiger partial charge in [-0.15, -0.1) is 0 Å². The molecule has 5 rings (SSSR count). The smallest absolute Gasteiger partial charge is 0.354 e. The number of halogens is 3. The van der Waals surface area contributed by atoms with E-state index in [4.69, 9.17) is 0 Å². The van der Waals surface area contributed by atoms with Crippen molar-refractivity contribution in [3.05, 3.63) is 59.9 Å². The lowest BCUT2D eigenvalue weighted by molar-refractivity contribution is -0.191. The molecule has 1 unspecified atom stereocenters. The number of aromatic nitrogens is 2. The van der Waals surface area contributed by atoms with Gasteiger partial charge in [0, 0.05) is 31.0 Å². The van der Waals surface area contributed by atoms with Crippen molar-refractivity contribution in [2.24, 2.45) is 5.92 Å². The fourth-order valence-electron chi connectivity index (χ4n) is 5.24. The van der Waals surface area contributed by atoms with Crippen LogP contribution in [0.5, 0.6) is 0 Å². The topological polar surface area (TPSA) is 61.4 Å². The van der Waals surface area contributed by atoms with Gasteiger partial charge in [0.05, 0.1) is 28.8 Å². The molecule has 0 spiro atoms. The maximum absolute atomic E-state index is 14.2. The Morgan fingerprint density at radius 2 is 1.89 bits per heavy atom. The Labute approximate surface area is 208 Å². The Morgan fingerprint density at radius 1 is 1.14 bits per heavy atom. The van der Waals surface area contributed by atoms with Crippen LogP contribution in [0.2, 0.25) is 0 Å². The number of pyridine rings is 2. The van der Waals surface area contributed by atoms with E-state index >= 15 is 0 Å². The van der Waals surface area contributed by atoms with Crippen LogP contribution in [-0.2, 0) is 4.79 Å². The number of nitrogens with one attached hydrogen (secondary N) is 1. The second-order valence-electron chi connectivity index (χ2n) is 9.97. The summed E-state index contributed by atoms with van der Waals surface area (Å²) >= 11 is 0. The van der Waals surface area contributed by atoms with Crippen molar-refractivity contribution < 1.29 is 18.0 Å². The third-order valence-electron chi connectivity index (χ3n) is 7.17. The van der Waals surface area contributed by atoms with Crippen molar-refractivity contribution in [3.63, 3.8) is 0 Å². The number of fused-ring (bicyclic) bond motifs is 1. The number of likely N-dealkylation sites (tertiary alicyclic amines) is 1. The molecule has 190 valence electrons. The summed E-state index contributed by atoms with van der Waals surface area (Å²) in [5.41, 5.74) is 4.28. The summed E-state index contributed by atoms with van der Waals surface area (Å²) in [5, 5.41) is 3.33. The SMILES string of the molecule is CN1CCCC(C(=O)N(C)[C@@H](c2ccc(Nc3cnc4cccnc4c3C3CC3)cc2)C(F)(F)F)C1. The fraction of sp³-hybridized carbons (Fsp3) is 0.444. The minimum atomic E-state index is -4.59. The molecular weight excluding hydrogens is 467 g/mol. The highest BCUT2D eigenvalue weighted by molar-refractivity contribution is 5.85. The van der Waals surface area contributed by atoms with Gasteiger partial charge < -0.3 is 15.1 Å². The third-order valence-corrected chi connectivity index (χ3v) is 7.17. The van der Waals surface area contributed by atoms with Gasteiger partial charge in [0.2, 0.25) is 5.91 Å². The lowest BCUT2D eigenvalue weighted by Crippen LogP contribution is -2.46. The molecule has 36 heavy (non-hydrogen) atoms. The van der Waals surface area contributed by atoms with Gasteiger partial charge >= 0.3 is 6.18 Å². The highest BCUT2D eigenvalue weighted by Crippen LogP contribution is 2.46. The zero-order chi connectivity index (χ0) is 25.4. The van der Waals surface area contributed by atoms with Crippen LogP contribution in [0.3, 0.4) is 0 Å². The average molecular weight is 498 g/mol. The molecule has 9 heteroatoms. The summed E-state index contributed by atoms with van der Waals surface area (Å²) < 4.78 is 42.5. The van der Waals surface area contributed by atoms with Gasteiger partial charge in [-0.1, -0.05) is 12.1 Å². The first kappa shape index (κ1) is 24.5. The minimum absolute atomic E-state index is 0.0359. The fourth-order valence-corrected chi connectivity index (χ4v) is 5.24. The van der Waals surface area contributed by atoms with Crippen molar-refractivity contribution in [1.82, 2.24) is 19.8 Å². The molecule has 2 aromatic heterocycles. The van der Waals surface area contributed by atoms with Gasteiger partial charge in [0.25, 0.3) is 0 Å². The number of nitrogens with zero attached hydrogens (tertiary/aromatic N) is 4. The van der Waals surface area contributed by atoms with Gasteiger partial charge in [-0.05, 0) is 75.0 Å². The molecule has 1 aliphatic heterocycles. The Morgan fingerprint density at radius 3 is 2.56 bits per heavy atom. The van der Waals surface area contributed by atoms with Crippen LogP contribution in [-0.4, -0.2) is 59.0 Å². The molecule has 0 radical (unpaired) electrons. The lowest BCUT2D eigenvalue weighted by Gasteiger charge is -2.36. The maximum Gasteiger partial charge on any atom is 0.413 e. The van der Waals surface area contributed by atoms with E-state index in [2.05, 4.69) is 15.3 Å². The molecule has 3 aromatic rings. The predicted molar refractivity (Wildman–Crippen MR) is 133 cm³/mol. The number of carbonyl (C=O) groups excluding carboxylic acids is 1. The first-order valence-corrected chi connectivity index (χ1v) is 12.3. The number of carbonyl (C=O) groups is 1. The van der Waals surface area contributed by atoms with Crippen LogP contribution in [0.15, 0.2) is 48.8 Å². The van der Waals surface area contributed by atoms with Crippen molar-refractivity contribution in [2.45, 2.75) is 43.8 Å². The van der Waals surface area contributed by atoms with Gasteiger partial charge in [0.15, 0.2) is 6.04 Å². The molecule has 1 aliphatic carbocycles. The highest BCUT2D eigenvalue weighted by Gasteiger charge is 2.46. The van der Waals surface area contributed by atoms with Crippen LogP contribution in [0, 0.1) is 5.92 Å². The molecule has 1 aromatic carbocycles. The zero-order valence-corrected chi connectivity index (χ0v) is 20.4. The summed E-state index contributed by atoms with van der Waals surface area (Å²) in [4.78, 5) is 24.9. The number of hydrogen-bond donors (Lipinski definition) is 1. The molecule has 1 saturated carbocycles. The molecular formula is C27H30F3N5O. The van der Waals surface area contributed by atoms with E-state index in [1.54, 1.807) is 24.5 Å². The predicted octanol–water partition coefficient (Wildman–Crippen LogP) is 5.65. The largest absolute Gasteiger partial charge is 0.413 e. The monoisotopic (exact) mass is 497 g/mol. The van der Waals surface area contributed by atoms with E-state index in [9.17, 15) is 18.0 Å². The summed E-state index contributed by atoms with van der Waals surface area (Å²) in [6, 6.07) is 7.91. The molecule has 2 aliphatic rings. The van der Waals surface area contributed by atoms with E-state index < -0.39 is 24.0 Å². The minimum Gasteiger partial charge on any atom is -0.354 e. The van der Waals surface area contributed by atoms with E-state index in [0.717, 1.165) is 53.0 Å². The van der Waals surface area contributed by atoms with Crippen molar-refractivity contribution in [2.75, 3.05) is 32.5 Å². The second kappa shape index (κ2) is 9.69. The number of hydrogen-bond acceptors (Lipinski definition) is 5. The molecule has 0 bridgehead atoms. The second-order valence-corrected chi connectivity index (χ2v) is 9.97. The molecule has 2 atom stereocenters. The number of anilines is 2. The molecule has 1 saturated heterocycles. The molecule has 1 N–H and O–H groups in total. The van der Waals surface area contributed by atoms with Gasteiger partial charge in [0.1, 0.15) is 0 Å². The lowest BCUT2D eigenvalue weighted by atomic mass is 9.95. The highest BCUT2D eigenvalue weighted by atomic mass is 19.4. The van der Waals surface area contributed by atoms with E-state index in [1.807, 2.05) is 24.1 Å². The quantitative estimate of drug-likeness (QED) is 0.477. The van der Waals surface area contributed by atoms with Crippen molar-refractivity contribution >= 4 is 28.3 Å². The normalized spacial score (nSPS) is 19.8. The van der Waals surface area contributed by atoms with Gasteiger partial charge in [-0.3, -0.25) is 14.8 Å². The Kier molecular flexibility index (Phi) is 6.59. The molecule has 1 amide bonds. The van der Waals surface area contributed by atoms with Crippen LogP contribution in [0.4, 0.5) is 24.5 Å². The van der Waals surface area contributed by atoms with Crippen LogP contribution in [0.1, 0.15) is 48.8 Å². The molecule has 2 fully saturated rings. The number of rotatable bonds is 6. The van der Waals surface area contributed by atoms with Gasteiger partial charge in [-0.25, -0.2) is 0 Å². The van der Waals surface area contributed by atoms with Gasteiger partial charge in [-0.2, -0.15) is 13.2 Å². The Bertz CT molecular complexity index is 1240. The van der Waals surface area contributed by atoms with Crippen LogP contribution >= 0.6 is 0 Å². The van der Waals surface area contributed by atoms with Crippen molar-refractivity contribution in [1.29, 1.82) is 0 Å². The van der Waals surface area contributed by atoms with E-state index in [-0.39, 0.29) is 5.56 Å². The summed E-state index contributed by atoms with van der Waals surface area (Å²) in [6.07, 6.45) is 2.49. The maximum atomic E-state index is 14.2. The summed E-state index contributed by atoms with van der Waals surface area (Å²) in [6.45, 7) is 1.34. The van der Waals surface area contributed by atoms with Crippen molar-refractivity contribution in [3.8, 4) is 0 Å². The Hall–Kier alpha value is -3.20. The number of amides is 1. The first-order valence-electron chi connectivity index (χ1n) is 12.3. The Balaban J connectivity index is 1.38. The number of piperidine rings is 1. The first-order chi connectivity index (χ1) is 17.2. The molecule has 6 nitrogen and oxygen atoms in total.